The van der Waals surface area contributed by atoms with Crippen molar-refractivity contribution in [1.82, 2.24) is 19.5 Å². The van der Waals surface area contributed by atoms with Crippen LogP contribution in [0.3, 0.4) is 0 Å². The number of rotatable bonds is 9. The summed E-state index contributed by atoms with van der Waals surface area (Å²) in [4.78, 5) is 22.6. The van der Waals surface area contributed by atoms with Crippen LogP contribution < -0.4 is 10.6 Å². The molecule has 230 valence electrons. The Morgan fingerprint density at radius 2 is 1.91 bits per heavy atom. The first-order valence-corrected chi connectivity index (χ1v) is 14.9. The van der Waals surface area contributed by atoms with Crippen LogP contribution >= 0.6 is 0 Å². The van der Waals surface area contributed by atoms with Crippen LogP contribution in [0.1, 0.15) is 56.8 Å². The number of benzene rings is 1. The Morgan fingerprint density at radius 1 is 1.14 bits per heavy atom. The van der Waals surface area contributed by atoms with Crippen molar-refractivity contribution in [1.29, 1.82) is 0 Å². The van der Waals surface area contributed by atoms with Crippen LogP contribution in [-0.4, -0.2) is 73.7 Å². The van der Waals surface area contributed by atoms with Crippen molar-refractivity contribution in [2.75, 3.05) is 30.3 Å². The van der Waals surface area contributed by atoms with Crippen molar-refractivity contribution < 1.29 is 29.0 Å². The maximum Gasteiger partial charge on any atom is 0.314 e. The zero-order valence-electron chi connectivity index (χ0n) is 24.7. The number of fused-ring (bicyclic) bond motifs is 1. The summed E-state index contributed by atoms with van der Waals surface area (Å²) in [6.45, 7) is 5.55. The summed E-state index contributed by atoms with van der Waals surface area (Å²) in [5.41, 5.74) is 7.91. The molecule has 2 fully saturated rings. The zero-order valence-corrected chi connectivity index (χ0v) is 24.7. The summed E-state index contributed by atoms with van der Waals surface area (Å²) in [5.74, 6) is 6.32. The monoisotopic (exact) mass is 600 g/mol. The van der Waals surface area contributed by atoms with Crippen LogP contribution in [0.5, 0.6) is 5.75 Å². The molecule has 1 aliphatic carbocycles. The predicted octanol–water partition coefficient (Wildman–Crippen LogP) is 4.08. The number of nitrogens with two attached hydrogens (primary N) is 1. The summed E-state index contributed by atoms with van der Waals surface area (Å²) in [6.07, 6.45) is 7.42. The van der Waals surface area contributed by atoms with Crippen LogP contribution in [0.15, 0.2) is 47.2 Å². The molecule has 44 heavy (non-hydrogen) atoms. The molecule has 12 heteroatoms. The molecule has 1 atom stereocenters. The lowest BCUT2D eigenvalue weighted by atomic mass is 9.91. The molecule has 0 bridgehead atoms. The second-order valence-electron chi connectivity index (χ2n) is 11.7. The number of anilines is 2. The van der Waals surface area contributed by atoms with Crippen molar-refractivity contribution in [3.05, 3.63) is 54.0 Å². The van der Waals surface area contributed by atoms with E-state index in [1.54, 1.807) is 41.1 Å². The molecular weight excluding hydrogens is 564 g/mol. The van der Waals surface area contributed by atoms with E-state index in [1.807, 2.05) is 19.9 Å². The second-order valence-corrected chi connectivity index (χ2v) is 11.7. The van der Waals surface area contributed by atoms with Gasteiger partial charge in [-0.1, -0.05) is 43.0 Å². The van der Waals surface area contributed by atoms with Gasteiger partial charge in [-0.15, -0.1) is 0 Å². The van der Waals surface area contributed by atoms with Gasteiger partial charge in [-0.05, 0) is 30.9 Å². The van der Waals surface area contributed by atoms with Gasteiger partial charge in [0, 0.05) is 50.0 Å². The number of aromatic nitrogens is 4. The number of phenolic OH excluding ortho intramolecular Hbond substituents is 1. The maximum atomic E-state index is 11.6. The van der Waals surface area contributed by atoms with Crippen LogP contribution in [0, 0.1) is 17.8 Å². The molecule has 1 saturated carbocycles. The first-order chi connectivity index (χ1) is 21.2. The Balaban J connectivity index is 0.935. The number of nitrogen functional groups attached to an aromatic ring is 1. The third-order valence-electron chi connectivity index (χ3n) is 8.23. The highest BCUT2D eigenvalue weighted by molar-refractivity contribution is 5.75. The molecule has 1 aromatic carbocycles. The Kier molecular flexibility index (Phi) is 8.41. The lowest BCUT2D eigenvalue weighted by Crippen LogP contribution is -2.43. The number of ether oxygens (including phenoxy) is 2. The van der Waals surface area contributed by atoms with E-state index in [9.17, 15) is 15.0 Å². The number of carboxylic acids is 1. The number of carboxylic acid groups (broad SMARTS) is 1. The minimum absolute atomic E-state index is 0.0875. The van der Waals surface area contributed by atoms with E-state index in [0.29, 0.717) is 34.2 Å². The van der Waals surface area contributed by atoms with Gasteiger partial charge in [0.05, 0.1) is 29.6 Å². The fourth-order valence-corrected chi connectivity index (χ4v) is 5.71. The SMILES string of the molecule is CC(C)C(C(=O)O)c1cc(N2CCC(O[C@H]3C[C@H](OCC#Cc4cn5cc(-c6ccccc6O)nc5nc4N)C3)CC2)no1. The van der Waals surface area contributed by atoms with Crippen molar-refractivity contribution >= 4 is 23.4 Å². The molecule has 1 saturated heterocycles. The number of nitrogens with zero attached hydrogens (tertiary/aromatic N) is 5. The Labute approximate surface area is 254 Å². The number of para-hydroxylation sites is 1. The first-order valence-electron chi connectivity index (χ1n) is 14.9. The van der Waals surface area contributed by atoms with Crippen molar-refractivity contribution in [3.8, 4) is 28.8 Å². The fourth-order valence-electron chi connectivity index (χ4n) is 5.71. The molecular formula is C32H36N6O6. The van der Waals surface area contributed by atoms with Crippen molar-refractivity contribution in [3.63, 3.8) is 0 Å². The maximum absolute atomic E-state index is 11.6. The molecule has 1 unspecified atom stereocenters. The van der Waals surface area contributed by atoms with Gasteiger partial charge in [-0.3, -0.25) is 9.20 Å². The lowest BCUT2D eigenvalue weighted by Gasteiger charge is -2.39. The van der Waals surface area contributed by atoms with Gasteiger partial charge in [0.2, 0.25) is 5.78 Å². The topological polar surface area (TPSA) is 161 Å². The highest BCUT2D eigenvalue weighted by atomic mass is 16.5. The molecule has 0 spiro atoms. The minimum atomic E-state index is -0.903. The number of phenols is 1. The molecule has 0 radical (unpaired) electrons. The van der Waals surface area contributed by atoms with E-state index in [1.165, 1.54) is 0 Å². The van der Waals surface area contributed by atoms with Gasteiger partial charge >= 0.3 is 5.97 Å². The first kappa shape index (κ1) is 29.5. The highest BCUT2D eigenvalue weighted by Gasteiger charge is 2.34. The van der Waals surface area contributed by atoms with E-state index < -0.39 is 11.9 Å². The number of aromatic hydroxyl groups is 1. The molecule has 12 nitrogen and oxygen atoms in total. The highest BCUT2D eigenvalue weighted by Crippen LogP contribution is 2.32. The summed E-state index contributed by atoms with van der Waals surface area (Å²) >= 11 is 0. The fraction of sp³-hybridized carbons (Fsp3) is 0.438. The number of carbonyl (C=O) groups is 1. The van der Waals surface area contributed by atoms with E-state index in [-0.39, 0.29) is 42.4 Å². The van der Waals surface area contributed by atoms with E-state index in [4.69, 9.17) is 19.7 Å². The lowest BCUT2D eigenvalue weighted by molar-refractivity contribution is -0.140. The summed E-state index contributed by atoms with van der Waals surface area (Å²) in [7, 11) is 0. The Bertz CT molecular complexity index is 1690. The smallest absolute Gasteiger partial charge is 0.314 e. The standard InChI is InChI=1S/C32H36N6O6/c1-19(2)29(31(40)41)27-16-28(36-44-27)37-11-9-21(10-12-37)43-23-14-22(15-23)42-13-5-6-20-17-38-18-25(34-32(38)35-30(20)33)24-7-3-4-8-26(24)39/h3-4,7-8,16-19,21-23,29,39H,9-15H2,1-2H3,(H,40,41)(H2,33,34,35)/t22-,23-,29?. The van der Waals surface area contributed by atoms with Gasteiger partial charge < -0.3 is 34.8 Å². The van der Waals surface area contributed by atoms with Gasteiger partial charge in [0.15, 0.2) is 11.6 Å². The van der Waals surface area contributed by atoms with Crippen LogP contribution in [0.4, 0.5) is 11.6 Å². The van der Waals surface area contributed by atoms with Crippen LogP contribution in [-0.2, 0) is 14.3 Å². The Morgan fingerprint density at radius 3 is 2.64 bits per heavy atom. The summed E-state index contributed by atoms with van der Waals surface area (Å²) in [5, 5.41) is 23.8. The van der Waals surface area contributed by atoms with Gasteiger partial charge in [0.25, 0.3) is 0 Å². The molecule has 0 amide bonds. The number of hydrogen-bond donors (Lipinski definition) is 3. The van der Waals surface area contributed by atoms with Crippen LogP contribution in [0.25, 0.3) is 17.0 Å². The summed E-state index contributed by atoms with van der Waals surface area (Å²) < 4.78 is 19.4. The minimum Gasteiger partial charge on any atom is -0.507 e. The quantitative estimate of drug-likeness (QED) is 0.237. The van der Waals surface area contributed by atoms with Crippen molar-refractivity contribution in [2.24, 2.45) is 5.92 Å². The third-order valence-corrected chi connectivity index (χ3v) is 8.23. The third kappa shape index (κ3) is 6.34. The van der Waals surface area contributed by atoms with Crippen LogP contribution in [0.2, 0.25) is 0 Å². The molecule has 1 aliphatic heterocycles. The van der Waals surface area contributed by atoms with Gasteiger partial charge in [0.1, 0.15) is 24.1 Å². The molecule has 6 rings (SSSR count). The predicted molar refractivity (Wildman–Crippen MR) is 162 cm³/mol. The van der Waals surface area contributed by atoms with Gasteiger partial charge in [-0.25, -0.2) is 4.98 Å². The van der Waals surface area contributed by atoms with Crippen molar-refractivity contribution in [2.45, 2.75) is 63.8 Å². The van der Waals surface area contributed by atoms with E-state index in [0.717, 1.165) is 38.8 Å². The zero-order chi connectivity index (χ0) is 30.8. The van der Waals surface area contributed by atoms with E-state index in [2.05, 4.69) is 31.9 Å². The second kappa shape index (κ2) is 12.6. The van der Waals surface area contributed by atoms with Gasteiger partial charge in [-0.2, -0.15) is 4.98 Å². The van der Waals surface area contributed by atoms with E-state index >= 15 is 0 Å². The normalized spacial score (nSPS) is 19.5. The largest absolute Gasteiger partial charge is 0.507 e. The summed E-state index contributed by atoms with van der Waals surface area (Å²) in [6, 6.07) is 8.76. The molecule has 4 aromatic rings. The number of imidazole rings is 1. The molecule has 4 N–H and O–H groups in total. The number of hydrogen-bond acceptors (Lipinski definition) is 10. The molecule has 2 aliphatic rings. The average molecular weight is 601 g/mol. The average Bonchev–Trinajstić information content (AvgIpc) is 3.61. The number of aliphatic carboxylic acids is 1. The molecule has 3 aromatic heterocycles. The molecule has 4 heterocycles. The Hall–Kier alpha value is -4.60. The number of piperidine rings is 1.